The van der Waals surface area contributed by atoms with E-state index in [1.807, 2.05) is 24.3 Å². The number of carbonyl (C=O) groups excluding carboxylic acids is 1. The molecule has 1 aliphatic rings. The molecule has 1 aromatic carbocycles. The average Bonchev–Trinajstić information content (AvgIpc) is 2.87. The van der Waals surface area contributed by atoms with E-state index in [2.05, 4.69) is 5.32 Å². The summed E-state index contributed by atoms with van der Waals surface area (Å²) >= 11 is 0. The first-order valence-corrected chi connectivity index (χ1v) is 5.85. The number of carbonyl (C=O) groups is 1. The van der Waals surface area contributed by atoms with Crippen molar-refractivity contribution in [2.24, 2.45) is 0 Å². The minimum atomic E-state index is -0.283. The van der Waals surface area contributed by atoms with Crippen LogP contribution in [0.2, 0.25) is 0 Å². The molecule has 0 amide bonds. The standard InChI is InChI=1S/C13H17NO4/c1-16-11-5-3-4-6-12(11)18-9-7-10(14-8-9)13(15)17-2/h3-6,9-10,14H,7-8H2,1-2H3/t9-,10-/m1/s1. The predicted molar refractivity (Wildman–Crippen MR) is 65.8 cm³/mol. The van der Waals surface area contributed by atoms with Crippen molar-refractivity contribution in [3.63, 3.8) is 0 Å². The quantitative estimate of drug-likeness (QED) is 0.808. The van der Waals surface area contributed by atoms with Crippen molar-refractivity contribution in [3.05, 3.63) is 24.3 Å². The topological polar surface area (TPSA) is 56.8 Å². The maximum absolute atomic E-state index is 11.4. The number of methoxy groups -OCH3 is 2. The zero-order valence-corrected chi connectivity index (χ0v) is 10.5. The first kappa shape index (κ1) is 12.7. The van der Waals surface area contributed by atoms with Crippen molar-refractivity contribution in [1.29, 1.82) is 0 Å². The van der Waals surface area contributed by atoms with E-state index in [4.69, 9.17) is 14.2 Å². The third kappa shape index (κ3) is 2.73. The van der Waals surface area contributed by atoms with Crippen molar-refractivity contribution in [2.45, 2.75) is 18.6 Å². The Bertz CT molecular complexity index is 421. The van der Waals surface area contributed by atoms with Crippen LogP contribution in [0.25, 0.3) is 0 Å². The van der Waals surface area contributed by atoms with Gasteiger partial charge in [0.05, 0.1) is 14.2 Å². The van der Waals surface area contributed by atoms with Gasteiger partial charge < -0.3 is 19.5 Å². The van der Waals surface area contributed by atoms with E-state index in [0.717, 1.165) is 0 Å². The second-order valence-corrected chi connectivity index (χ2v) is 4.11. The normalized spacial score (nSPS) is 22.6. The van der Waals surface area contributed by atoms with Crippen molar-refractivity contribution < 1.29 is 19.0 Å². The Morgan fingerprint density at radius 3 is 2.67 bits per heavy atom. The molecule has 0 radical (unpaired) electrons. The smallest absolute Gasteiger partial charge is 0.323 e. The van der Waals surface area contributed by atoms with Gasteiger partial charge in [-0.15, -0.1) is 0 Å². The lowest BCUT2D eigenvalue weighted by Crippen LogP contribution is -2.31. The molecule has 98 valence electrons. The minimum Gasteiger partial charge on any atom is -0.493 e. The van der Waals surface area contributed by atoms with Crippen molar-refractivity contribution in [2.75, 3.05) is 20.8 Å². The number of esters is 1. The summed E-state index contributed by atoms with van der Waals surface area (Å²) in [7, 11) is 2.99. The minimum absolute atomic E-state index is 0.0506. The Hall–Kier alpha value is -1.75. The van der Waals surface area contributed by atoms with Gasteiger partial charge in [-0.05, 0) is 12.1 Å². The fraction of sp³-hybridized carbons (Fsp3) is 0.462. The molecule has 2 atom stereocenters. The number of hydrogen-bond acceptors (Lipinski definition) is 5. The molecule has 1 aromatic rings. The van der Waals surface area contributed by atoms with Crippen LogP contribution in [0.15, 0.2) is 24.3 Å². The third-order valence-corrected chi connectivity index (χ3v) is 2.94. The second-order valence-electron chi connectivity index (χ2n) is 4.11. The zero-order valence-electron chi connectivity index (χ0n) is 10.5. The summed E-state index contributed by atoms with van der Waals surface area (Å²) in [5.74, 6) is 1.14. The summed E-state index contributed by atoms with van der Waals surface area (Å²) in [6.45, 7) is 0.623. The van der Waals surface area contributed by atoms with Gasteiger partial charge in [0.1, 0.15) is 12.1 Å². The highest BCUT2D eigenvalue weighted by Gasteiger charge is 2.31. The fourth-order valence-corrected chi connectivity index (χ4v) is 2.01. The van der Waals surface area contributed by atoms with E-state index >= 15 is 0 Å². The fourth-order valence-electron chi connectivity index (χ4n) is 2.01. The molecular formula is C13H17NO4. The molecule has 0 aliphatic carbocycles. The Morgan fingerprint density at radius 1 is 1.28 bits per heavy atom. The maximum atomic E-state index is 11.4. The van der Waals surface area contributed by atoms with Crippen LogP contribution in [-0.4, -0.2) is 38.9 Å². The summed E-state index contributed by atoms with van der Waals surface area (Å²) in [6, 6.07) is 7.18. The Morgan fingerprint density at radius 2 is 2.00 bits per heavy atom. The van der Waals surface area contributed by atoms with Gasteiger partial charge in [-0.1, -0.05) is 12.1 Å². The number of para-hydroxylation sites is 2. The number of rotatable bonds is 4. The van der Waals surface area contributed by atoms with Crippen molar-refractivity contribution >= 4 is 5.97 Å². The van der Waals surface area contributed by atoms with Crippen molar-refractivity contribution in [3.8, 4) is 11.5 Å². The number of benzene rings is 1. The highest BCUT2D eigenvalue weighted by atomic mass is 16.5. The molecule has 0 spiro atoms. The molecule has 0 saturated carbocycles. The van der Waals surface area contributed by atoms with E-state index in [1.165, 1.54) is 7.11 Å². The van der Waals surface area contributed by atoms with Gasteiger partial charge >= 0.3 is 5.97 Å². The number of ether oxygens (including phenoxy) is 3. The molecule has 1 aliphatic heterocycles. The molecule has 0 aromatic heterocycles. The molecule has 5 nitrogen and oxygen atoms in total. The van der Waals surface area contributed by atoms with Gasteiger partial charge in [0.2, 0.25) is 0 Å². The molecule has 1 saturated heterocycles. The van der Waals surface area contributed by atoms with Crippen molar-refractivity contribution in [1.82, 2.24) is 5.32 Å². The lowest BCUT2D eigenvalue weighted by Gasteiger charge is -2.15. The molecule has 0 unspecified atom stereocenters. The Kier molecular flexibility index (Phi) is 4.04. The average molecular weight is 251 g/mol. The summed E-state index contributed by atoms with van der Waals surface area (Å²) < 4.78 is 15.7. The summed E-state index contributed by atoms with van der Waals surface area (Å²) in [6.07, 6.45) is 0.551. The van der Waals surface area contributed by atoms with Gasteiger partial charge in [0.25, 0.3) is 0 Å². The molecule has 5 heteroatoms. The van der Waals surface area contributed by atoms with Gasteiger partial charge in [0, 0.05) is 13.0 Å². The Balaban J connectivity index is 1.97. The van der Waals surface area contributed by atoms with Gasteiger partial charge in [-0.25, -0.2) is 0 Å². The van der Waals surface area contributed by atoms with E-state index in [9.17, 15) is 4.79 Å². The SMILES string of the molecule is COC(=O)[C@H]1C[C@@H](Oc2ccccc2OC)CN1. The van der Waals surface area contributed by atoms with Crippen LogP contribution in [0.3, 0.4) is 0 Å². The van der Waals surface area contributed by atoms with Crippen LogP contribution in [0.1, 0.15) is 6.42 Å². The first-order chi connectivity index (χ1) is 8.74. The number of hydrogen-bond donors (Lipinski definition) is 1. The Labute approximate surface area is 106 Å². The summed E-state index contributed by atoms with van der Waals surface area (Å²) in [5.41, 5.74) is 0. The van der Waals surface area contributed by atoms with Crippen LogP contribution in [0, 0.1) is 0 Å². The zero-order chi connectivity index (χ0) is 13.0. The van der Waals surface area contributed by atoms with Gasteiger partial charge in [-0.3, -0.25) is 4.79 Å². The molecule has 1 N–H and O–H groups in total. The van der Waals surface area contributed by atoms with Crippen LogP contribution < -0.4 is 14.8 Å². The molecular weight excluding hydrogens is 234 g/mol. The maximum Gasteiger partial charge on any atom is 0.323 e. The highest BCUT2D eigenvalue weighted by Crippen LogP contribution is 2.28. The van der Waals surface area contributed by atoms with Gasteiger partial charge in [0.15, 0.2) is 11.5 Å². The molecule has 18 heavy (non-hydrogen) atoms. The summed E-state index contributed by atoms with van der Waals surface area (Å²) in [4.78, 5) is 11.4. The summed E-state index contributed by atoms with van der Waals surface area (Å²) in [5, 5.41) is 3.07. The van der Waals surface area contributed by atoms with Crippen LogP contribution in [0.5, 0.6) is 11.5 Å². The molecule has 1 fully saturated rings. The number of nitrogens with one attached hydrogen (secondary N) is 1. The van der Waals surface area contributed by atoms with E-state index in [0.29, 0.717) is 24.5 Å². The lowest BCUT2D eigenvalue weighted by molar-refractivity contribution is -0.142. The third-order valence-electron chi connectivity index (χ3n) is 2.94. The van der Waals surface area contributed by atoms with Crippen LogP contribution >= 0.6 is 0 Å². The van der Waals surface area contributed by atoms with Crippen LogP contribution in [0.4, 0.5) is 0 Å². The lowest BCUT2D eigenvalue weighted by atomic mass is 10.2. The van der Waals surface area contributed by atoms with Gasteiger partial charge in [-0.2, -0.15) is 0 Å². The van der Waals surface area contributed by atoms with E-state index < -0.39 is 0 Å². The molecule has 1 heterocycles. The first-order valence-electron chi connectivity index (χ1n) is 5.85. The largest absolute Gasteiger partial charge is 0.493 e. The highest BCUT2D eigenvalue weighted by molar-refractivity contribution is 5.76. The monoisotopic (exact) mass is 251 g/mol. The van der Waals surface area contributed by atoms with E-state index in [-0.39, 0.29) is 18.1 Å². The molecule has 0 bridgehead atoms. The predicted octanol–water partition coefficient (Wildman–Crippen LogP) is 0.977. The molecule has 2 rings (SSSR count). The second kappa shape index (κ2) is 5.73. The van der Waals surface area contributed by atoms with Crippen LogP contribution in [-0.2, 0) is 9.53 Å². The van der Waals surface area contributed by atoms with E-state index in [1.54, 1.807) is 7.11 Å².